The quantitative estimate of drug-likeness (QED) is 0.145. The molecular weight excluding hydrogens is 698 g/mol. The predicted molar refractivity (Wildman–Crippen MR) is 201 cm³/mol. The van der Waals surface area contributed by atoms with Crippen LogP contribution in [-0.4, -0.2) is 136 Å². The van der Waals surface area contributed by atoms with E-state index in [1.807, 2.05) is 32.6 Å². The molecule has 0 aliphatic carbocycles. The van der Waals surface area contributed by atoms with Crippen LogP contribution in [0.1, 0.15) is 94.9 Å². The maximum atomic E-state index is 14.2. The van der Waals surface area contributed by atoms with Gasteiger partial charge in [-0.15, -0.1) is 13.0 Å². The van der Waals surface area contributed by atoms with Crippen molar-refractivity contribution in [3.63, 3.8) is 0 Å². The zero-order chi connectivity index (χ0) is 40.5. The lowest BCUT2D eigenvalue weighted by atomic mass is 9.78. The highest BCUT2D eigenvalue weighted by Gasteiger charge is 2.56. The number of carbonyl (C=O) groups is 1. The van der Waals surface area contributed by atoms with E-state index in [4.69, 9.17) is 39.6 Å². The van der Waals surface area contributed by atoms with E-state index in [0.717, 1.165) is 5.57 Å². The average molecular weight is 766 g/mol. The molecule has 0 aromatic rings. The number of terminal acetylenes is 1. The molecule has 17 atom stereocenters. The fourth-order valence-electron chi connectivity index (χ4n) is 9.18. The second kappa shape index (κ2) is 17.6. The number of rotatable bonds is 10. The molecule has 0 radical (unpaired) electrons. The average Bonchev–Trinajstić information content (AvgIpc) is 3.44. The van der Waals surface area contributed by atoms with Crippen molar-refractivity contribution >= 4 is 5.97 Å². The minimum absolute atomic E-state index is 0.151. The van der Waals surface area contributed by atoms with E-state index in [9.17, 15) is 25.2 Å². The number of ether oxygens (including phenoxy) is 7. The zero-order valence-corrected chi connectivity index (χ0v) is 34.2. The summed E-state index contributed by atoms with van der Waals surface area (Å²) in [6, 6.07) is -0.412. The van der Waals surface area contributed by atoms with Gasteiger partial charge in [0.05, 0.1) is 42.5 Å². The van der Waals surface area contributed by atoms with E-state index < -0.39 is 102 Å². The third-order valence-corrected chi connectivity index (χ3v) is 12.4. The highest BCUT2D eigenvalue weighted by atomic mass is 16.7. The summed E-state index contributed by atoms with van der Waals surface area (Å²) in [4.78, 5) is 16.2. The van der Waals surface area contributed by atoms with Crippen LogP contribution in [0.5, 0.6) is 0 Å². The van der Waals surface area contributed by atoms with Gasteiger partial charge >= 0.3 is 5.97 Å². The van der Waals surface area contributed by atoms with E-state index in [0.29, 0.717) is 25.1 Å². The van der Waals surface area contributed by atoms with Crippen molar-refractivity contribution < 1.29 is 58.4 Å². The van der Waals surface area contributed by atoms with Crippen LogP contribution < -0.4 is 0 Å². The molecule has 13 heteroatoms. The van der Waals surface area contributed by atoms with Crippen molar-refractivity contribution in [3.05, 3.63) is 24.0 Å². The van der Waals surface area contributed by atoms with Crippen molar-refractivity contribution in [1.82, 2.24) is 4.90 Å². The Morgan fingerprint density at radius 3 is 2.31 bits per heavy atom. The number of esters is 1. The van der Waals surface area contributed by atoms with Crippen LogP contribution in [0.3, 0.4) is 0 Å². The van der Waals surface area contributed by atoms with E-state index in [1.165, 1.54) is 14.0 Å². The lowest BCUT2D eigenvalue weighted by Gasteiger charge is -2.49. The van der Waals surface area contributed by atoms with Gasteiger partial charge in [0.15, 0.2) is 12.6 Å². The number of nitrogens with zero attached hydrogens (tertiary/aromatic N) is 1. The van der Waals surface area contributed by atoms with Crippen molar-refractivity contribution in [2.75, 3.05) is 20.2 Å². The molecule has 308 valence electrons. The summed E-state index contributed by atoms with van der Waals surface area (Å²) in [5, 5.41) is 46.4. The number of hydrogen-bond acceptors (Lipinski definition) is 13. The number of carbonyl (C=O) groups excluding carboxylic acids is 1. The minimum atomic E-state index is -1.84. The first-order valence-corrected chi connectivity index (χ1v) is 19.5. The van der Waals surface area contributed by atoms with Gasteiger partial charge in [0, 0.05) is 44.4 Å². The monoisotopic (exact) mass is 765 g/mol. The Morgan fingerprint density at radius 1 is 1.06 bits per heavy atom. The number of fused-ring (bicyclic) bond motifs is 2. The van der Waals surface area contributed by atoms with Crippen molar-refractivity contribution in [1.29, 1.82) is 0 Å². The molecule has 4 aliphatic heterocycles. The van der Waals surface area contributed by atoms with Gasteiger partial charge in [0.1, 0.15) is 41.4 Å². The fourth-order valence-corrected chi connectivity index (χ4v) is 9.18. The van der Waals surface area contributed by atoms with Gasteiger partial charge in [-0.05, 0) is 66.9 Å². The SMILES string of the molecule is C#CCN(CC=C)[C@H]1C[C@@H](C)O[C@@H](O[C@@H]2[C@@H](C)[C@H](O[C@H]3C[C@@](C)(OC)[C@@H](O)[C@H](C)O3)[C@@H](C)C(=O)O[C@H](CC)[C@@](C)(O)[C@H](O)[C@@H](C)C3=C(C)C[C@@]2(C)O3)[C@@H]1O. The standard InChI is InChI=1S/C41H67NO12/c1-14-17-42(18-15-2)28-19-23(5)49-38(31(28)43)53-36-25(7)33(52-30-21-39(10,48-13)35(45)27(9)50-30)26(8)37(46)51-29(16-3)41(12,47)34(44)24(6)32-22(4)20-40(36,11)54-32/h1,15,23-31,33-36,38,43-45,47H,2,16-21H2,3-13H3/t23-,24+,25+,26-,27+,28+,29-,30+,31-,33+,34-,35+,36-,38+,39-,40-,41-/m1/s1. The number of cyclic esters (lactones) is 1. The second-order valence-corrected chi connectivity index (χ2v) is 16.8. The largest absolute Gasteiger partial charge is 0.489 e. The van der Waals surface area contributed by atoms with Gasteiger partial charge in [0.2, 0.25) is 0 Å². The summed E-state index contributed by atoms with van der Waals surface area (Å²) in [6.07, 6.45) is -0.672. The van der Waals surface area contributed by atoms with E-state index in [2.05, 4.69) is 12.5 Å². The number of aliphatic hydroxyl groups is 4. The van der Waals surface area contributed by atoms with Crippen LogP contribution in [0.2, 0.25) is 0 Å². The van der Waals surface area contributed by atoms with E-state index in [1.54, 1.807) is 40.7 Å². The summed E-state index contributed by atoms with van der Waals surface area (Å²) in [7, 11) is 1.52. The van der Waals surface area contributed by atoms with E-state index >= 15 is 0 Å². The normalized spacial score (nSPS) is 46.5. The van der Waals surface area contributed by atoms with Gasteiger partial charge in [-0.25, -0.2) is 0 Å². The topological polar surface area (TPSA) is 166 Å². The van der Waals surface area contributed by atoms with Crippen LogP contribution in [0.25, 0.3) is 0 Å². The zero-order valence-electron chi connectivity index (χ0n) is 34.2. The molecule has 0 spiro atoms. The summed E-state index contributed by atoms with van der Waals surface area (Å²) in [6.45, 7) is 22.4. The first kappa shape index (κ1) is 44.6. The maximum absolute atomic E-state index is 14.2. The summed E-state index contributed by atoms with van der Waals surface area (Å²) in [5.41, 5.74) is -3.13. The Kier molecular flexibility index (Phi) is 14.5. The molecule has 13 nitrogen and oxygen atoms in total. The molecule has 0 aromatic carbocycles. The van der Waals surface area contributed by atoms with Crippen LogP contribution in [-0.2, 0) is 38.0 Å². The molecule has 3 fully saturated rings. The third kappa shape index (κ3) is 8.89. The molecule has 0 saturated carbocycles. The Morgan fingerprint density at radius 2 is 1.72 bits per heavy atom. The minimum Gasteiger partial charge on any atom is -0.489 e. The summed E-state index contributed by atoms with van der Waals surface area (Å²) < 4.78 is 44.9. The van der Waals surface area contributed by atoms with Crippen LogP contribution in [0.15, 0.2) is 24.0 Å². The molecule has 4 rings (SSSR count). The Hall–Kier alpha value is -2.09. The molecule has 4 heterocycles. The molecule has 0 amide bonds. The Labute approximate surface area is 322 Å². The predicted octanol–water partition coefficient (Wildman–Crippen LogP) is 3.45. The highest BCUT2D eigenvalue weighted by Crippen LogP contribution is 2.47. The van der Waals surface area contributed by atoms with E-state index in [-0.39, 0.29) is 25.5 Å². The van der Waals surface area contributed by atoms with Gasteiger partial charge in [-0.2, -0.15) is 0 Å². The molecule has 0 unspecified atom stereocenters. The lowest BCUT2D eigenvalue weighted by molar-refractivity contribution is -0.317. The van der Waals surface area contributed by atoms with Crippen LogP contribution >= 0.6 is 0 Å². The summed E-state index contributed by atoms with van der Waals surface area (Å²) in [5.74, 6) is 0.203. The molecule has 0 aromatic heterocycles. The molecule has 54 heavy (non-hydrogen) atoms. The maximum Gasteiger partial charge on any atom is 0.311 e. The smallest absolute Gasteiger partial charge is 0.311 e. The number of aliphatic hydroxyl groups excluding tert-OH is 3. The molecule has 4 aliphatic rings. The Balaban J connectivity index is 1.84. The molecule has 4 N–H and O–H groups in total. The van der Waals surface area contributed by atoms with Gasteiger partial charge in [0.25, 0.3) is 0 Å². The number of hydrogen-bond donors (Lipinski definition) is 4. The van der Waals surface area contributed by atoms with Gasteiger partial charge < -0.3 is 53.6 Å². The van der Waals surface area contributed by atoms with Crippen molar-refractivity contribution in [2.45, 2.75) is 179 Å². The third-order valence-electron chi connectivity index (χ3n) is 12.4. The molecule has 3 saturated heterocycles. The number of methoxy groups -OCH3 is 1. The van der Waals surface area contributed by atoms with Gasteiger partial charge in [-0.1, -0.05) is 32.8 Å². The highest BCUT2D eigenvalue weighted by molar-refractivity contribution is 5.73. The first-order chi connectivity index (χ1) is 25.2. The fraction of sp³-hybridized carbons (Fsp3) is 0.829. The lowest BCUT2D eigenvalue weighted by Crippen LogP contribution is -2.61. The summed E-state index contributed by atoms with van der Waals surface area (Å²) >= 11 is 0. The molecular formula is C41H67NO12. The second-order valence-electron chi connectivity index (χ2n) is 16.8. The Bertz CT molecular complexity index is 1380. The van der Waals surface area contributed by atoms with Crippen molar-refractivity contribution in [3.8, 4) is 12.3 Å². The first-order valence-electron chi connectivity index (χ1n) is 19.5. The van der Waals surface area contributed by atoms with Crippen LogP contribution in [0.4, 0.5) is 0 Å². The van der Waals surface area contributed by atoms with Crippen molar-refractivity contribution in [2.24, 2.45) is 17.8 Å². The van der Waals surface area contributed by atoms with Gasteiger partial charge in [-0.3, -0.25) is 9.69 Å². The van der Waals surface area contributed by atoms with Crippen LogP contribution in [0, 0.1) is 30.1 Å². The molecule has 2 bridgehead atoms.